The van der Waals surface area contributed by atoms with Crippen LogP contribution in [0.3, 0.4) is 0 Å². The van der Waals surface area contributed by atoms with E-state index in [4.69, 9.17) is 0 Å². The van der Waals surface area contributed by atoms with E-state index in [1.54, 1.807) is 6.33 Å². The fraction of sp³-hybridized carbons (Fsp3) is 0.667. The van der Waals surface area contributed by atoms with Crippen LogP contribution >= 0.6 is 0 Å². The van der Waals surface area contributed by atoms with Crippen LogP contribution in [0.1, 0.15) is 36.7 Å². The van der Waals surface area contributed by atoms with E-state index in [9.17, 15) is 4.79 Å². The number of ketones is 1. The zero-order chi connectivity index (χ0) is 10.4. The van der Waals surface area contributed by atoms with E-state index in [0.717, 1.165) is 6.54 Å². The highest BCUT2D eigenvalue weighted by Gasteiger charge is 2.56. The number of rotatable bonds is 3. The molecule has 2 aliphatic carbocycles. The number of aryl methyl sites for hydroxylation is 1. The Morgan fingerprint density at radius 1 is 1.53 bits per heavy atom. The minimum absolute atomic E-state index is 0.289. The van der Waals surface area contributed by atoms with Crippen LogP contribution in [-0.4, -0.2) is 15.3 Å². The van der Waals surface area contributed by atoms with Crippen LogP contribution in [0.25, 0.3) is 0 Å². The zero-order valence-corrected chi connectivity index (χ0v) is 9.02. The standard InChI is InChI=1S/C12H16N2O/c1-2-14-6-10(13-7-14)12(15)11-8-4-3-5-9(8)11/h6-9,11H,2-5H2,1H3. The average Bonchev–Trinajstić information content (AvgIpc) is 2.73. The molecular formula is C12H16N2O. The van der Waals surface area contributed by atoms with Gasteiger partial charge in [-0.05, 0) is 31.6 Å². The molecule has 80 valence electrons. The van der Waals surface area contributed by atoms with Crippen LogP contribution in [0.5, 0.6) is 0 Å². The third kappa shape index (κ3) is 1.33. The van der Waals surface area contributed by atoms with Gasteiger partial charge in [0, 0.05) is 18.7 Å². The Balaban J connectivity index is 1.75. The van der Waals surface area contributed by atoms with Gasteiger partial charge in [-0.15, -0.1) is 0 Å². The predicted molar refractivity (Wildman–Crippen MR) is 56.6 cm³/mol. The number of fused-ring (bicyclic) bond motifs is 1. The monoisotopic (exact) mass is 204 g/mol. The number of carbonyl (C=O) groups excluding carboxylic acids is 1. The van der Waals surface area contributed by atoms with Gasteiger partial charge in [-0.1, -0.05) is 6.42 Å². The summed E-state index contributed by atoms with van der Waals surface area (Å²) < 4.78 is 1.96. The summed E-state index contributed by atoms with van der Waals surface area (Å²) in [5.41, 5.74) is 0.677. The summed E-state index contributed by atoms with van der Waals surface area (Å²) in [5.74, 6) is 2.00. The summed E-state index contributed by atoms with van der Waals surface area (Å²) in [6, 6.07) is 0. The largest absolute Gasteiger partial charge is 0.337 e. The Kier molecular flexibility index (Phi) is 1.94. The van der Waals surface area contributed by atoms with Crippen molar-refractivity contribution in [3.63, 3.8) is 0 Å². The Morgan fingerprint density at radius 3 is 2.87 bits per heavy atom. The molecule has 0 amide bonds. The highest BCUT2D eigenvalue weighted by atomic mass is 16.1. The third-order valence-corrected chi connectivity index (χ3v) is 3.96. The molecule has 15 heavy (non-hydrogen) atoms. The van der Waals surface area contributed by atoms with Gasteiger partial charge >= 0.3 is 0 Å². The molecule has 0 radical (unpaired) electrons. The van der Waals surface area contributed by atoms with E-state index >= 15 is 0 Å². The van der Waals surface area contributed by atoms with Gasteiger partial charge < -0.3 is 4.57 Å². The molecule has 3 nitrogen and oxygen atoms in total. The van der Waals surface area contributed by atoms with Crippen LogP contribution in [-0.2, 0) is 6.54 Å². The molecule has 0 saturated heterocycles. The first-order valence-corrected chi connectivity index (χ1v) is 5.87. The SMILES string of the molecule is CCn1cnc(C(=O)C2C3CCCC32)c1. The fourth-order valence-electron chi connectivity index (χ4n) is 3.04. The molecule has 0 aliphatic heterocycles. The number of carbonyl (C=O) groups is 1. The molecule has 1 aromatic rings. The summed E-state index contributed by atoms with van der Waals surface area (Å²) in [4.78, 5) is 16.3. The summed E-state index contributed by atoms with van der Waals surface area (Å²) in [6.45, 7) is 2.94. The highest BCUT2D eigenvalue weighted by molar-refractivity contribution is 5.98. The Hall–Kier alpha value is -1.12. The molecule has 0 bridgehead atoms. The summed E-state index contributed by atoms with van der Waals surface area (Å²) in [6.07, 6.45) is 7.48. The van der Waals surface area contributed by atoms with Crippen LogP contribution in [0.15, 0.2) is 12.5 Å². The number of Topliss-reactive ketones (excluding diaryl/α,β-unsaturated/α-hetero) is 1. The number of aromatic nitrogens is 2. The molecule has 2 fully saturated rings. The Morgan fingerprint density at radius 2 is 2.27 bits per heavy atom. The second kappa shape index (κ2) is 3.19. The average molecular weight is 204 g/mol. The van der Waals surface area contributed by atoms with Crippen LogP contribution < -0.4 is 0 Å². The number of hydrogen-bond donors (Lipinski definition) is 0. The highest BCUT2D eigenvalue weighted by Crippen LogP contribution is 2.58. The van der Waals surface area contributed by atoms with Crippen molar-refractivity contribution in [2.45, 2.75) is 32.7 Å². The van der Waals surface area contributed by atoms with Gasteiger partial charge in [-0.2, -0.15) is 0 Å². The maximum Gasteiger partial charge on any atom is 0.186 e. The quantitative estimate of drug-likeness (QED) is 0.707. The molecule has 0 aromatic carbocycles. The molecule has 2 atom stereocenters. The van der Waals surface area contributed by atoms with Gasteiger partial charge in [0.1, 0.15) is 5.69 Å². The van der Waals surface area contributed by atoms with E-state index < -0.39 is 0 Å². The van der Waals surface area contributed by atoms with Crippen molar-refractivity contribution in [1.82, 2.24) is 9.55 Å². The molecule has 0 spiro atoms. The van der Waals surface area contributed by atoms with E-state index in [-0.39, 0.29) is 5.78 Å². The Bertz CT molecular complexity index is 386. The second-order valence-corrected chi connectivity index (χ2v) is 4.74. The smallest absolute Gasteiger partial charge is 0.186 e. The molecule has 0 N–H and O–H groups in total. The summed E-state index contributed by atoms with van der Waals surface area (Å²) in [7, 11) is 0. The van der Waals surface area contributed by atoms with Gasteiger partial charge in [-0.3, -0.25) is 4.79 Å². The zero-order valence-electron chi connectivity index (χ0n) is 9.02. The molecule has 1 aromatic heterocycles. The molecule has 1 heterocycles. The van der Waals surface area contributed by atoms with E-state index in [1.165, 1.54) is 19.3 Å². The number of nitrogens with zero attached hydrogens (tertiary/aromatic N) is 2. The lowest BCUT2D eigenvalue weighted by Gasteiger charge is -1.99. The molecule has 2 aliphatic rings. The molecular weight excluding hydrogens is 188 g/mol. The lowest BCUT2D eigenvalue weighted by atomic mass is 10.1. The molecule has 3 rings (SSSR count). The van der Waals surface area contributed by atoms with Crippen molar-refractivity contribution in [2.24, 2.45) is 17.8 Å². The van der Waals surface area contributed by atoms with Gasteiger partial charge in [-0.25, -0.2) is 4.98 Å². The number of hydrogen-bond acceptors (Lipinski definition) is 2. The third-order valence-electron chi connectivity index (χ3n) is 3.96. The Labute approximate surface area is 89.5 Å². The first kappa shape index (κ1) is 9.13. The lowest BCUT2D eigenvalue weighted by Crippen LogP contribution is -2.06. The van der Waals surface area contributed by atoms with Gasteiger partial charge in [0.25, 0.3) is 0 Å². The van der Waals surface area contributed by atoms with Crippen LogP contribution in [0, 0.1) is 17.8 Å². The van der Waals surface area contributed by atoms with E-state index in [0.29, 0.717) is 23.4 Å². The minimum Gasteiger partial charge on any atom is -0.337 e. The van der Waals surface area contributed by atoms with Crippen molar-refractivity contribution in [1.29, 1.82) is 0 Å². The van der Waals surface area contributed by atoms with E-state index in [2.05, 4.69) is 11.9 Å². The minimum atomic E-state index is 0.289. The lowest BCUT2D eigenvalue weighted by molar-refractivity contribution is 0.0947. The summed E-state index contributed by atoms with van der Waals surface area (Å²) in [5, 5.41) is 0. The molecule has 2 saturated carbocycles. The predicted octanol–water partition coefficient (Wildman–Crippen LogP) is 2.13. The number of imidazole rings is 1. The normalized spacial score (nSPS) is 32.7. The van der Waals surface area contributed by atoms with Gasteiger partial charge in [0.05, 0.1) is 6.33 Å². The maximum atomic E-state index is 12.1. The van der Waals surface area contributed by atoms with Crippen molar-refractivity contribution in [2.75, 3.05) is 0 Å². The van der Waals surface area contributed by atoms with Gasteiger partial charge in [0.2, 0.25) is 0 Å². The first-order valence-electron chi connectivity index (χ1n) is 5.87. The van der Waals surface area contributed by atoms with E-state index in [1.807, 2.05) is 10.8 Å². The fourth-order valence-corrected chi connectivity index (χ4v) is 3.04. The van der Waals surface area contributed by atoms with Crippen LogP contribution in [0.4, 0.5) is 0 Å². The van der Waals surface area contributed by atoms with Gasteiger partial charge in [0.15, 0.2) is 5.78 Å². The van der Waals surface area contributed by atoms with Crippen molar-refractivity contribution in [3.05, 3.63) is 18.2 Å². The van der Waals surface area contributed by atoms with Crippen molar-refractivity contribution >= 4 is 5.78 Å². The summed E-state index contributed by atoms with van der Waals surface area (Å²) >= 11 is 0. The maximum absolute atomic E-state index is 12.1. The molecule has 2 unspecified atom stereocenters. The molecule has 3 heteroatoms. The van der Waals surface area contributed by atoms with Crippen molar-refractivity contribution < 1.29 is 4.79 Å². The second-order valence-electron chi connectivity index (χ2n) is 4.74. The first-order chi connectivity index (χ1) is 7.31. The topological polar surface area (TPSA) is 34.9 Å². The van der Waals surface area contributed by atoms with Crippen molar-refractivity contribution in [3.8, 4) is 0 Å². The van der Waals surface area contributed by atoms with Crippen LogP contribution in [0.2, 0.25) is 0 Å².